The van der Waals surface area contributed by atoms with Crippen LogP contribution >= 0.6 is 0 Å². The summed E-state index contributed by atoms with van der Waals surface area (Å²) >= 11 is 0. The van der Waals surface area contributed by atoms with Crippen LogP contribution in [-0.2, 0) is 6.42 Å². The van der Waals surface area contributed by atoms with Gasteiger partial charge in [0.2, 0.25) is 0 Å². The Hall–Kier alpha value is -0.980. The average Bonchev–Trinajstić information content (AvgIpc) is 2.21. The molecule has 1 heteroatoms. The van der Waals surface area contributed by atoms with E-state index in [9.17, 15) is 0 Å². The van der Waals surface area contributed by atoms with Gasteiger partial charge in [-0.2, -0.15) is 0 Å². The van der Waals surface area contributed by atoms with E-state index in [2.05, 4.69) is 56.9 Å². The molecule has 1 aromatic carbocycles. The van der Waals surface area contributed by atoms with Crippen LogP contribution in [0.5, 0.6) is 0 Å². The molecule has 1 nitrogen and oxygen atoms in total. The lowest BCUT2D eigenvalue weighted by Crippen LogP contribution is -2.21. The van der Waals surface area contributed by atoms with Crippen LogP contribution in [0.2, 0.25) is 0 Å². The first kappa shape index (κ1) is 12.1. The van der Waals surface area contributed by atoms with E-state index in [1.165, 1.54) is 17.7 Å². The zero-order valence-corrected chi connectivity index (χ0v) is 10.5. The maximum absolute atomic E-state index is 2.37. The molecule has 0 aliphatic heterocycles. The Morgan fingerprint density at radius 3 is 1.93 bits per heavy atom. The molecule has 15 heavy (non-hydrogen) atoms. The molecule has 0 fully saturated rings. The Balaban J connectivity index is 2.71. The standard InChI is InChI=1S/C14H23N/c1-5-15(6-2)14-9-7-13(8-10-14)11-12(3)4/h7-10,12H,5-6,11H2,1-4H3. The molecular formula is C14H23N. The van der Waals surface area contributed by atoms with E-state index in [-0.39, 0.29) is 0 Å². The second-order valence-corrected chi connectivity index (χ2v) is 4.44. The monoisotopic (exact) mass is 205 g/mol. The van der Waals surface area contributed by atoms with Crippen molar-refractivity contribution in [1.29, 1.82) is 0 Å². The molecular weight excluding hydrogens is 182 g/mol. The molecule has 0 aliphatic carbocycles. The molecule has 1 rings (SSSR count). The first-order chi connectivity index (χ1) is 7.17. The van der Waals surface area contributed by atoms with Gasteiger partial charge in [0, 0.05) is 18.8 Å². The molecule has 0 spiro atoms. The van der Waals surface area contributed by atoms with Gasteiger partial charge in [-0.1, -0.05) is 26.0 Å². The fourth-order valence-corrected chi connectivity index (χ4v) is 1.90. The molecule has 0 heterocycles. The Kier molecular flexibility index (Phi) is 4.67. The summed E-state index contributed by atoms with van der Waals surface area (Å²) in [6.07, 6.45) is 1.18. The minimum Gasteiger partial charge on any atom is -0.372 e. The van der Waals surface area contributed by atoms with Crippen LogP contribution in [0.3, 0.4) is 0 Å². The Morgan fingerprint density at radius 1 is 1.00 bits per heavy atom. The molecule has 0 atom stereocenters. The van der Waals surface area contributed by atoms with Crippen molar-refractivity contribution in [2.45, 2.75) is 34.1 Å². The van der Waals surface area contributed by atoms with E-state index in [4.69, 9.17) is 0 Å². The highest BCUT2D eigenvalue weighted by Crippen LogP contribution is 2.16. The van der Waals surface area contributed by atoms with Crippen LogP contribution in [0.4, 0.5) is 5.69 Å². The Labute approximate surface area is 94.1 Å². The summed E-state index contributed by atoms with van der Waals surface area (Å²) in [5.41, 5.74) is 2.79. The summed E-state index contributed by atoms with van der Waals surface area (Å²) in [5, 5.41) is 0. The lowest BCUT2D eigenvalue weighted by Gasteiger charge is -2.21. The molecule has 0 unspecified atom stereocenters. The minimum atomic E-state index is 0.740. The molecule has 0 saturated carbocycles. The van der Waals surface area contributed by atoms with E-state index in [0.717, 1.165) is 19.0 Å². The van der Waals surface area contributed by atoms with Gasteiger partial charge in [-0.3, -0.25) is 0 Å². The van der Waals surface area contributed by atoms with E-state index < -0.39 is 0 Å². The van der Waals surface area contributed by atoms with Gasteiger partial charge in [0.1, 0.15) is 0 Å². The zero-order valence-electron chi connectivity index (χ0n) is 10.5. The molecule has 0 amide bonds. The molecule has 0 N–H and O–H groups in total. The van der Waals surface area contributed by atoms with Crippen LogP contribution in [0.15, 0.2) is 24.3 Å². The van der Waals surface area contributed by atoms with Gasteiger partial charge in [0.15, 0.2) is 0 Å². The summed E-state index contributed by atoms with van der Waals surface area (Å²) in [7, 11) is 0. The molecule has 0 saturated heterocycles. The second kappa shape index (κ2) is 5.79. The summed E-state index contributed by atoms with van der Waals surface area (Å²) in [6.45, 7) is 11.1. The van der Waals surface area contributed by atoms with E-state index in [1.54, 1.807) is 0 Å². The number of hydrogen-bond donors (Lipinski definition) is 0. The fourth-order valence-electron chi connectivity index (χ4n) is 1.90. The summed E-state index contributed by atoms with van der Waals surface area (Å²) < 4.78 is 0. The topological polar surface area (TPSA) is 3.24 Å². The van der Waals surface area contributed by atoms with Crippen LogP contribution < -0.4 is 4.90 Å². The molecule has 0 aromatic heterocycles. The largest absolute Gasteiger partial charge is 0.372 e. The van der Waals surface area contributed by atoms with Crippen molar-refractivity contribution in [3.8, 4) is 0 Å². The highest BCUT2D eigenvalue weighted by Gasteiger charge is 2.02. The van der Waals surface area contributed by atoms with Gasteiger partial charge in [0.05, 0.1) is 0 Å². The molecule has 0 aliphatic rings. The van der Waals surface area contributed by atoms with Gasteiger partial charge in [0.25, 0.3) is 0 Å². The van der Waals surface area contributed by atoms with Crippen molar-refractivity contribution in [2.24, 2.45) is 5.92 Å². The van der Waals surface area contributed by atoms with Crippen molar-refractivity contribution >= 4 is 5.69 Å². The first-order valence-electron chi connectivity index (χ1n) is 6.01. The van der Waals surface area contributed by atoms with Crippen molar-refractivity contribution < 1.29 is 0 Å². The van der Waals surface area contributed by atoms with Crippen LogP contribution in [-0.4, -0.2) is 13.1 Å². The average molecular weight is 205 g/mol. The predicted octanol–water partition coefficient (Wildman–Crippen LogP) is 3.73. The maximum Gasteiger partial charge on any atom is 0.0366 e. The van der Waals surface area contributed by atoms with E-state index in [1.807, 2.05) is 0 Å². The number of benzene rings is 1. The lowest BCUT2D eigenvalue weighted by atomic mass is 10.0. The highest BCUT2D eigenvalue weighted by atomic mass is 15.1. The van der Waals surface area contributed by atoms with Crippen LogP contribution in [0.1, 0.15) is 33.3 Å². The van der Waals surface area contributed by atoms with Crippen molar-refractivity contribution in [1.82, 2.24) is 0 Å². The third-order valence-corrected chi connectivity index (χ3v) is 2.71. The third kappa shape index (κ3) is 3.58. The first-order valence-corrected chi connectivity index (χ1v) is 6.01. The normalized spacial score (nSPS) is 10.7. The summed E-state index contributed by atoms with van der Waals surface area (Å²) in [5.74, 6) is 0.740. The SMILES string of the molecule is CCN(CC)c1ccc(CC(C)C)cc1. The Bertz CT molecular complexity index is 270. The molecule has 0 radical (unpaired) electrons. The third-order valence-electron chi connectivity index (χ3n) is 2.71. The molecule has 1 aromatic rings. The number of hydrogen-bond acceptors (Lipinski definition) is 1. The second-order valence-electron chi connectivity index (χ2n) is 4.44. The van der Waals surface area contributed by atoms with Crippen LogP contribution in [0.25, 0.3) is 0 Å². The summed E-state index contributed by atoms with van der Waals surface area (Å²) in [6, 6.07) is 9.00. The van der Waals surface area contributed by atoms with Crippen molar-refractivity contribution in [3.63, 3.8) is 0 Å². The lowest BCUT2D eigenvalue weighted by molar-refractivity contribution is 0.647. The Morgan fingerprint density at radius 2 is 1.53 bits per heavy atom. The van der Waals surface area contributed by atoms with E-state index >= 15 is 0 Å². The minimum absolute atomic E-state index is 0.740. The van der Waals surface area contributed by atoms with Crippen molar-refractivity contribution in [3.05, 3.63) is 29.8 Å². The van der Waals surface area contributed by atoms with Crippen LogP contribution in [0, 0.1) is 5.92 Å². The molecule has 84 valence electrons. The van der Waals surface area contributed by atoms with Crippen molar-refractivity contribution in [2.75, 3.05) is 18.0 Å². The van der Waals surface area contributed by atoms with E-state index in [0.29, 0.717) is 0 Å². The van der Waals surface area contributed by atoms with Gasteiger partial charge in [-0.25, -0.2) is 0 Å². The number of rotatable bonds is 5. The zero-order chi connectivity index (χ0) is 11.3. The van der Waals surface area contributed by atoms with Gasteiger partial charge >= 0.3 is 0 Å². The smallest absolute Gasteiger partial charge is 0.0366 e. The predicted molar refractivity (Wildman–Crippen MR) is 68.5 cm³/mol. The van der Waals surface area contributed by atoms with Gasteiger partial charge < -0.3 is 4.90 Å². The van der Waals surface area contributed by atoms with Gasteiger partial charge in [-0.05, 0) is 43.9 Å². The maximum atomic E-state index is 2.37. The number of anilines is 1. The summed E-state index contributed by atoms with van der Waals surface area (Å²) in [4.78, 5) is 2.37. The van der Waals surface area contributed by atoms with Gasteiger partial charge in [-0.15, -0.1) is 0 Å². The quantitative estimate of drug-likeness (QED) is 0.708. The number of nitrogens with zero attached hydrogens (tertiary/aromatic N) is 1. The molecule has 0 bridgehead atoms. The fraction of sp³-hybridized carbons (Fsp3) is 0.571. The highest BCUT2D eigenvalue weighted by molar-refractivity contribution is 5.47.